The normalized spacial score (nSPS) is 15.3. The van der Waals surface area contributed by atoms with Gasteiger partial charge in [0.1, 0.15) is 5.76 Å². The van der Waals surface area contributed by atoms with Crippen molar-refractivity contribution in [2.45, 2.75) is 39.7 Å². The number of likely N-dealkylation sites (tertiary alicyclic amines) is 1. The summed E-state index contributed by atoms with van der Waals surface area (Å²) in [5, 5.41) is 5.06. The highest BCUT2D eigenvalue weighted by Crippen LogP contribution is 2.21. The first-order valence-electron chi connectivity index (χ1n) is 7.64. The van der Waals surface area contributed by atoms with Crippen LogP contribution in [0.2, 0.25) is 5.02 Å². The maximum Gasteiger partial charge on any atom is 0.289 e. The van der Waals surface area contributed by atoms with E-state index in [1.165, 1.54) is 6.42 Å². The molecule has 2 aromatic heterocycles. The SMILES string of the molecule is Cc1nn(Cc2ccc(C(=O)N3CCCCC3)o2)c(C)c1Cl. The molecule has 22 heavy (non-hydrogen) atoms. The Labute approximate surface area is 134 Å². The van der Waals surface area contributed by atoms with Gasteiger partial charge in [0, 0.05) is 13.1 Å². The number of carbonyl (C=O) groups is 1. The van der Waals surface area contributed by atoms with Crippen LogP contribution in [0, 0.1) is 13.8 Å². The lowest BCUT2D eigenvalue weighted by Crippen LogP contribution is -2.35. The molecule has 1 aliphatic heterocycles. The molecule has 5 nitrogen and oxygen atoms in total. The second-order valence-corrected chi connectivity index (χ2v) is 6.14. The Morgan fingerprint density at radius 2 is 2.00 bits per heavy atom. The quantitative estimate of drug-likeness (QED) is 0.870. The van der Waals surface area contributed by atoms with Gasteiger partial charge in [0.2, 0.25) is 0 Å². The predicted molar refractivity (Wildman–Crippen MR) is 84.3 cm³/mol. The number of aromatic nitrogens is 2. The molecule has 2 aromatic rings. The summed E-state index contributed by atoms with van der Waals surface area (Å²) in [4.78, 5) is 14.2. The van der Waals surface area contributed by atoms with Crippen LogP contribution >= 0.6 is 11.6 Å². The molecular weight excluding hydrogens is 302 g/mol. The molecular formula is C16H20ClN3O2. The summed E-state index contributed by atoms with van der Waals surface area (Å²) in [5.74, 6) is 1.10. The third-order valence-corrected chi connectivity index (χ3v) is 4.66. The van der Waals surface area contributed by atoms with E-state index in [2.05, 4.69) is 5.10 Å². The van der Waals surface area contributed by atoms with E-state index >= 15 is 0 Å². The fraction of sp³-hybridized carbons (Fsp3) is 0.500. The van der Waals surface area contributed by atoms with Crippen molar-refractivity contribution in [3.63, 3.8) is 0 Å². The highest BCUT2D eigenvalue weighted by Gasteiger charge is 2.21. The molecule has 6 heteroatoms. The number of hydrogen-bond donors (Lipinski definition) is 0. The lowest BCUT2D eigenvalue weighted by molar-refractivity contribution is 0.0690. The number of rotatable bonds is 3. The highest BCUT2D eigenvalue weighted by atomic mass is 35.5. The van der Waals surface area contributed by atoms with Gasteiger partial charge < -0.3 is 9.32 Å². The van der Waals surface area contributed by atoms with Crippen LogP contribution in [0.5, 0.6) is 0 Å². The van der Waals surface area contributed by atoms with E-state index in [4.69, 9.17) is 16.0 Å². The lowest BCUT2D eigenvalue weighted by Gasteiger charge is -2.25. The zero-order valence-corrected chi connectivity index (χ0v) is 13.7. The highest BCUT2D eigenvalue weighted by molar-refractivity contribution is 6.31. The molecule has 0 atom stereocenters. The van der Waals surface area contributed by atoms with Gasteiger partial charge in [-0.05, 0) is 45.2 Å². The summed E-state index contributed by atoms with van der Waals surface area (Å²) < 4.78 is 7.51. The minimum Gasteiger partial charge on any atom is -0.454 e. The topological polar surface area (TPSA) is 51.3 Å². The van der Waals surface area contributed by atoms with Gasteiger partial charge >= 0.3 is 0 Å². The summed E-state index contributed by atoms with van der Waals surface area (Å²) >= 11 is 6.15. The van der Waals surface area contributed by atoms with Crippen LogP contribution < -0.4 is 0 Å². The standard InChI is InChI=1S/C16H20ClN3O2/c1-11-15(17)12(2)20(18-11)10-13-6-7-14(22-13)16(21)19-8-4-3-5-9-19/h6-7H,3-5,8-10H2,1-2H3. The molecule has 0 aliphatic carbocycles. The number of halogens is 1. The monoisotopic (exact) mass is 321 g/mol. The fourth-order valence-electron chi connectivity index (χ4n) is 2.81. The smallest absolute Gasteiger partial charge is 0.289 e. The van der Waals surface area contributed by atoms with Crippen molar-refractivity contribution in [2.75, 3.05) is 13.1 Å². The fourth-order valence-corrected chi connectivity index (χ4v) is 2.94. The van der Waals surface area contributed by atoms with Crippen LogP contribution in [-0.2, 0) is 6.54 Å². The van der Waals surface area contributed by atoms with Crippen LogP contribution in [0.3, 0.4) is 0 Å². The van der Waals surface area contributed by atoms with E-state index in [1.54, 1.807) is 10.7 Å². The van der Waals surface area contributed by atoms with Gasteiger partial charge in [-0.1, -0.05) is 11.6 Å². The van der Waals surface area contributed by atoms with Crippen LogP contribution in [0.4, 0.5) is 0 Å². The van der Waals surface area contributed by atoms with E-state index in [9.17, 15) is 4.79 Å². The Balaban J connectivity index is 1.73. The third kappa shape index (κ3) is 2.90. The van der Waals surface area contributed by atoms with Crippen molar-refractivity contribution >= 4 is 17.5 Å². The molecule has 0 saturated carbocycles. The second kappa shape index (κ2) is 6.16. The summed E-state index contributed by atoms with van der Waals surface area (Å²) in [5.41, 5.74) is 1.70. The van der Waals surface area contributed by atoms with Gasteiger partial charge in [-0.3, -0.25) is 9.48 Å². The Kier molecular flexibility index (Phi) is 4.25. The molecule has 1 aliphatic rings. The van der Waals surface area contributed by atoms with Gasteiger partial charge in [0.15, 0.2) is 5.76 Å². The molecule has 0 aromatic carbocycles. The molecule has 3 heterocycles. The number of hydrogen-bond acceptors (Lipinski definition) is 3. The summed E-state index contributed by atoms with van der Waals surface area (Å²) in [6.07, 6.45) is 3.35. The van der Waals surface area contributed by atoms with E-state index in [0.717, 1.165) is 37.3 Å². The molecule has 3 rings (SSSR count). The number of nitrogens with zero attached hydrogens (tertiary/aromatic N) is 3. The van der Waals surface area contributed by atoms with Crippen LogP contribution in [0.25, 0.3) is 0 Å². The first-order valence-corrected chi connectivity index (χ1v) is 8.01. The maximum atomic E-state index is 12.4. The van der Waals surface area contributed by atoms with Gasteiger partial charge in [-0.15, -0.1) is 0 Å². The number of carbonyl (C=O) groups excluding carboxylic acids is 1. The van der Waals surface area contributed by atoms with Crippen molar-refractivity contribution in [3.05, 3.63) is 40.1 Å². The molecule has 0 bridgehead atoms. The van der Waals surface area contributed by atoms with Crippen LogP contribution in [0.15, 0.2) is 16.5 Å². The average Bonchev–Trinajstić information content (AvgIpc) is 3.09. The van der Waals surface area contributed by atoms with Crippen molar-refractivity contribution in [3.8, 4) is 0 Å². The van der Waals surface area contributed by atoms with Crippen LogP contribution in [-0.4, -0.2) is 33.7 Å². The van der Waals surface area contributed by atoms with E-state index in [-0.39, 0.29) is 5.91 Å². The Morgan fingerprint density at radius 3 is 2.64 bits per heavy atom. The summed E-state index contributed by atoms with van der Waals surface area (Å²) in [6, 6.07) is 3.58. The molecule has 0 unspecified atom stereocenters. The number of furan rings is 1. The second-order valence-electron chi connectivity index (χ2n) is 5.76. The van der Waals surface area contributed by atoms with Gasteiger partial charge in [0.05, 0.1) is 23.0 Å². The predicted octanol–water partition coefficient (Wildman–Crippen LogP) is 3.42. The molecule has 1 amide bonds. The van der Waals surface area contributed by atoms with E-state index in [1.807, 2.05) is 24.8 Å². The first-order chi connectivity index (χ1) is 10.6. The van der Waals surface area contributed by atoms with E-state index < -0.39 is 0 Å². The minimum atomic E-state index is -0.0163. The minimum absolute atomic E-state index is 0.0163. The van der Waals surface area contributed by atoms with Crippen LogP contribution in [0.1, 0.15) is 47.0 Å². The molecule has 0 N–H and O–H groups in total. The van der Waals surface area contributed by atoms with Crippen molar-refractivity contribution in [1.29, 1.82) is 0 Å². The van der Waals surface area contributed by atoms with E-state index in [0.29, 0.717) is 23.1 Å². The van der Waals surface area contributed by atoms with Gasteiger partial charge in [-0.2, -0.15) is 5.10 Å². The lowest BCUT2D eigenvalue weighted by atomic mass is 10.1. The molecule has 0 radical (unpaired) electrons. The zero-order valence-electron chi connectivity index (χ0n) is 12.9. The van der Waals surface area contributed by atoms with Crippen molar-refractivity contribution in [1.82, 2.24) is 14.7 Å². The van der Waals surface area contributed by atoms with Crippen molar-refractivity contribution in [2.24, 2.45) is 0 Å². The maximum absolute atomic E-state index is 12.4. The summed E-state index contributed by atoms with van der Waals surface area (Å²) in [7, 11) is 0. The zero-order chi connectivity index (χ0) is 15.7. The average molecular weight is 322 g/mol. The van der Waals surface area contributed by atoms with Gasteiger partial charge in [-0.25, -0.2) is 0 Å². The molecule has 118 valence electrons. The first kappa shape index (κ1) is 15.2. The van der Waals surface area contributed by atoms with Crippen molar-refractivity contribution < 1.29 is 9.21 Å². The molecule has 1 saturated heterocycles. The molecule has 0 spiro atoms. The number of piperidine rings is 1. The number of aryl methyl sites for hydroxylation is 1. The third-order valence-electron chi connectivity index (χ3n) is 4.11. The largest absolute Gasteiger partial charge is 0.454 e. The summed E-state index contributed by atoms with van der Waals surface area (Å²) in [6.45, 7) is 5.92. The number of amides is 1. The molecule has 1 fully saturated rings. The Bertz CT molecular complexity index is 684. The Hall–Kier alpha value is -1.75. The van der Waals surface area contributed by atoms with Gasteiger partial charge in [0.25, 0.3) is 5.91 Å². The Morgan fingerprint density at radius 1 is 1.27 bits per heavy atom.